The van der Waals surface area contributed by atoms with Gasteiger partial charge in [-0.2, -0.15) is 0 Å². The second-order valence-corrected chi connectivity index (χ2v) is 5.73. The fraction of sp³-hybridized carbons (Fsp3) is 0.278. The second kappa shape index (κ2) is 7.38. The van der Waals surface area contributed by atoms with Gasteiger partial charge >= 0.3 is 0 Å². The van der Waals surface area contributed by atoms with Crippen molar-refractivity contribution in [2.75, 3.05) is 29.0 Å². The Morgan fingerprint density at radius 3 is 2.78 bits per heavy atom. The van der Waals surface area contributed by atoms with Gasteiger partial charge in [0.15, 0.2) is 0 Å². The number of nitrogen functional groups attached to an aromatic ring is 1. The van der Waals surface area contributed by atoms with E-state index in [1.165, 1.54) is 0 Å². The van der Waals surface area contributed by atoms with Crippen molar-refractivity contribution in [2.45, 2.75) is 19.8 Å². The van der Waals surface area contributed by atoms with Crippen LogP contribution >= 0.6 is 12.4 Å². The zero-order chi connectivity index (χ0) is 15.5. The maximum absolute atomic E-state index is 12.3. The molecule has 4 nitrogen and oxygen atoms in total. The van der Waals surface area contributed by atoms with Crippen molar-refractivity contribution in [3.8, 4) is 0 Å². The van der Waals surface area contributed by atoms with Gasteiger partial charge in [-0.05, 0) is 49.1 Å². The Bertz CT molecular complexity index is 702. The maximum atomic E-state index is 12.3. The number of nitrogens with two attached hydrogens (primary N) is 1. The Hall–Kier alpha value is -2.20. The molecule has 2 aromatic rings. The first-order valence-electron chi connectivity index (χ1n) is 7.63. The lowest BCUT2D eigenvalue weighted by Gasteiger charge is -2.31. The van der Waals surface area contributed by atoms with E-state index in [-0.39, 0.29) is 18.3 Å². The largest absolute Gasteiger partial charge is 0.398 e. The summed E-state index contributed by atoms with van der Waals surface area (Å²) in [4.78, 5) is 14.5. The van der Waals surface area contributed by atoms with E-state index < -0.39 is 0 Å². The molecule has 1 heterocycles. The highest BCUT2D eigenvalue weighted by atomic mass is 35.5. The van der Waals surface area contributed by atoms with Gasteiger partial charge in [0.2, 0.25) is 5.91 Å². The molecule has 3 N–H and O–H groups in total. The molecule has 0 bridgehead atoms. The number of carbonyl (C=O) groups excluding carboxylic acids is 1. The summed E-state index contributed by atoms with van der Waals surface area (Å²) in [6.07, 6.45) is 2.01. The molecule has 122 valence electrons. The summed E-state index contributed by atoms with van der Waals surface area (Å²) < 4.78 is 0. The summed E-state index contributed by atoms with van der Waals surface area (Å²) in [5.41, 5.74) is 11.1. The number of nitrogens with one attached hydrogen (secondary N) is 1. The summed E-state index contributed by atoms with van der Waals surface area (Å²) in [5.74, 6) is 0.00424. The number of carbonyl (C=O) groups is 1. The van der Waals surface area contributed by atoms with Crippen LogP contribution in [0.2, 0.25) is 0 Å². The number of hydrogen-bond acceptors (Lipinski definition) is 3. The number of nitrogens with zero attached hydrogens (tertiary/aromatic N) is 1. The van der Waals surface area contributed by atoms with Gasteiger partial charge < -0.3 is 16.0 Å². The lowest BCUT2D eigenvalue weighted by atomic mass is 10.00. The molecule has 0 unspecified atom stereocenters. The lowest BCUT2D eigenvalue weighted by Crippen LogP contribution is -2.37. The Morgan fingerprint density at radius 1 is 1.22 bits per heavy atom. The van der Waals surface area contributed by atoms with E-state index in [0.29, 0.717) is 6.54 Å². The average molecular weight is 332 g/mol. The van der Waals surface area contributed by atoms with Crippen LogP contribution < -0.4 is 16.0 Å². The SMILES string of the molecule is Cc1ccccc1NC(=O)CN1CCCc2c(N)cccc21.Cl. The Labute approximate surface area is 143 Å². The monoisotopic (exact) mass is 331 g/mol. The van der Waals surface area contributed by atoms with E-state index in [1.807, 2.05) is 49.4 Å². The number of anilines is 3. The summed E-state index contributed by atoms with van der Waals surface area (Å²) in [7, 11) is 0. The zero-order valence-corrected chi connectivity index (χ0v) is 14.0. The van der Waals surface area contributed by atoms with Crippen LogP contribution in [0.4, 0.5) is 17.1 Å². The normalized spacial score (nSPS) is 13.0. The number of fused-ring (bicyclic) bond motifs is 1. The first-order chi connectivity index (χ1) is 10.6. The summed E-state index contributed by atoms with van der Waals surface area (Å²) in [6, 6.07) is 13.7. The van der Waals surface area contributed by atoms with Crippen molar-refractivity contribution in [2.24, 2.45) is 0 Å². The number of rotatable bonds is 3. The molecule has 0 spiro atoms. The third-order valence-corrected chi connectivity index (χ3v) is 4.14. The molecule has 5 heteroatoms. The minimum absolute atomic E-state index is 0. The molecule has 0 fully saturated rings. The molecule has 0 aliphatic carbocycles. The van der Waals surface area contributed by atoms with E-state index in [0.717, 1.165) is 47.6 Å². The topological polar surface area (TPSA) is 58.4 Å². The highest BCUT2D eigenvalue weighted by Crippen LogP contribution is 2.31. The van der Waals surface area contributed by atoms with Crippen molar-refractivity contribution in [3.05, 3.63) is 53.6 Å². The van der Waals surface area contributed by atoms with Crippen molar-refractivity contribution in [3.63, 3.8) is 0 Å². The van der Waals surface area contributed by atoms with Gasteiger partial charge in [-0.15, -0.1) is 12.4 Å². The Balaban J connectivity index is 0.00000192. The van der Waals surface area contributed by atoms with Crippen molar-refractivity contribution >= 4 is 35.4 Å². The van der Waals surface area contributed by atoms with Gasteiger partial charge in [0.25, 0.3) is 0 Å². The van der Waals surface area contributed by atoms with E-state index in [2.05, 4.69) is 10.2 Å². The van der Waals surface area contributed by atoms with Crippen LogP contribution in [0.15, 0.2) is 42.5 Å². The highest BCUT2D eigenvalue weighted by Gasteiger charge is 2.20. The zero-order valence-electron chi connectivity index (χ0n) is 13.2. The highest BCUT2D eigenvalue weighted by molar-refractivity contribution is 5.95. The summed E-state index contributed by atoms with van der Waals surface area (Å²) in [6.45, 7) is 3.23. The van der Waals surface area contributed by atoms with Crippen molar-refractivity contribution in [1.29, 1.82) is 0 Å². The summed E-state index contributed by atoms with van der Waals surface area (Å²) >= 11 is 0. The minimum atomic E-state index is 0. The molecule has 23 heavy (non-hydrogen) atoms. The summed E-state index contributed by atoms with van der Waals surface area (Å²) in [5, 5.41) is 2.99. The number of benzene rings is 2. The quantitative estimate of drug-likeness (QED) is 0.848. The second-order valence-electron chi connectivity index (χ2n) is 5.73. The van der Waals surface area contributed by atoms with Crippen molar-refractivity contribution in [1.82, 2.24) is 0 Å². The number of amides is 1. The molecule has 0 atom stereocenters. The first kappa shape index (κ1) is 17.2. The van der Waals surface area contributed by atoms with Gasteiger partial charge in [0, 0.05) is 23.6 Å². The van der Waals surface area contributed by atoms with Gasteiger partial charge in [0.1, 0.15) is 0 Å². The number of aryl methyl sites for hydroxylation is 1. The number of halogens is 1. The molecular weight excluding hydrogens is 310 g/mol. The van der Waals surface area contributed by atoms with E-state index in [1.54, 1.807) is 0 Å². The molecule has 1 amide bonds. The van der Waals surface area contributed by atoms with Crippen LogP contribution in [0.5, 0.6) is 0 Å². The van der Waals surface area contributed by atoms with E-state index in [4.69, 9.17) is 5.73 Å². The first-order valence-corrected chi connectivity index (χ1v) is 7.63. The third kappa shape index (κ3) is 3.77. The number of hydrogen-bond donors (Lipinski definition) is 2. The molecule has 0 aromatic heterocycles. The Kier molecular flexibility index (Phi) is 5.50. The molecule has 1 aliphatic rings. The predicted octanol–water partition coefficient (Wildman–Crippen LogP) is 3.39. The van der Waals surface area contributed by atoms with Crippen LogP contribution in [0.1, 0.15) is 17.5 Å². The van der Waals surface area contributed by atoms with Gasteiger partial charge in [-0.1, -0.05) is 24.3 Å². The smallest absolute Gasteiger partial charge is 0.243 e. The number of para-hydroxylation sites is 1. The molecule has 3 rings (SSSR count). The van der Waals surface area contributed by atoms with Crippen LogP contribution in [-0.2, 0) is 11.2 Å². The molecule has 2 aromatic carbocycles. The molecule has 1 aliphatic heterocycles. The van der Waals surface area contributed by atoms with Gasteiger partial charge in [-0.25, -0.2) is 0 Å². The third-order valence-electron chi connectivity index (χ3n) is 4.14. The van der Waals surface area contributed by atoms with Crippen LogP contribution in [-0.4, -0.2) is 19.0 Å². The maximum Gasteiger partial charge on any atom is 0.243 e. The molecule has 0 saturated heterocycles. The van der Waals surface area contributed by atoms with Crippen molar-refractivity contribution < 1.29 is 4.79 Å². The van der Waals surface area contributed by atoms with Gasteiger partial charge in [-0.3, -0.25) is 4.79 Å². The molecule has 0 radical (unpaired) electrons. The fourth-order valence-corrected chi connectivity index (χ4v) is 2.97. The van der Waals surface area contributed by atoms with E-state index >= 15 is 0 Å². The Morgan fingerprint density at radius 2 is 2.00 bits per heavy atom. The molecular formula is C18H22ClN3O. The fourth-order valence-electron chi connectivity index (χ4n) is 2.97. The van der Waals surface area contributed by atoms with E-state index in [9.17, 15) is 4.79 Å². The van der Waals surface area contributed by atoms with Gasteiger partial charge in [0.05, 0.1) is 6.54 Å². The van der Waals surface area contributed by atoms with Crippen LogP contribution in [0.3, 0.4) is 0 Å². The minimum Gasteiger partial charge on any atom is -0.398 e. The van der Waals surface area contributed by atoms with Crippen LogP contribution in [0, 0.1) is 6.92 Å². The average Bonchev–Trinajstić information content (AvgIpc) is 2.51. The van der Waals surface area contributed by atoms with Crippen LogP contribution in [0.25, 0.3) is 0 Å². The lowest BCUT2D eigenvalue weighted by molar-refractivity contribution is -0.115. The predicted molar refractivity (Wildman–Crippen MR) is 98.4 cm³/mol. The molecule has 0 saturated carbocycles. The standard InChI is InChI=1S/C18H21N3O.ClH/c1-13-6-2-3-9-16(13)20-18(22)12-21-11-5-7-14-15(19)8-4-10-17(14)21;/h2-4,6,8-10H,5,7,11-12,19H2,1H3,(H,20,22);1H.